The van der Waals surface area contributed by atoms with Gasteiger partial charge < -0.3 is 0 Å². The fraction of sp³-hybridized carbons (Fsp3) is 0.857. The summed E-state index contributed by atoms with van der Waals surface area (Å²) in [5.74, 6) is -2.23. The Labute approximate surface area is 112 Å². The van der Waals surface area contributed by atoms with Gasteiger partial charge in [-0.2, -0.15) is 0 Å². The van der Waals surface area contributed by atoms with E-state index in [0.29, 0.717) is 11.3 Å². The van der Waals surface area contributed by atoms with Gasteiger partial charge in [-0.3, -0.25) is 0 Å². The van der Waals surface area contributed by atoms with Crippen molar-refractivity contribution < 1.29 is 0 Å². The van der Waals surface area contributed by atoms with E-state index >= 15 is 0 Å². The molecule has 0 amide bonds. The van der Waals surface area contributed by atoms with Crippen molar-refractivity contribution in [1.29, 1.82) is 0 Å². The second-order valence-electron chi connectivity index (χ2n) is 5.63. The monoisotopic (exact) mass is 277 g/mol. The molecule has 0 unspecified atom stereocenters. The summed E-state index contributed by atoms with van der Waals surface area (Å²) in [4.78, 5) is 2.50. The predicted molar refractivity (Wildman–Crippen MR) is 83.3 cm³/mol. The van der Waals surface area contributed by atoms with Gasteiger partial charge in [-0.05, 0) is 0 Å². The minimum absolute atomic E-state index is 0.577. The van der Waals surface area contributed by atoms with Crippen molar-refractivity contribution in [2.75, 3.05) is 13.1 Å². The first-order chi connectivity index (χ1) is 7.80. The molecule has 0 aromatic heterocycles. The molecule has 0 saturated carbocycles. The van der Waals surface area contributed by atoms with Crippen molar-refractivity contribution in [2.24, 2.45) is 0 Å². The standard InChI is InChI=1S/C14H29ClNP/c1-8-13-14(16(9-2)10-3)17(13,15,11(4)5)12(6)7/h11-12H,8-10H2,1-7H3. The quantitative estimate of drug-likeness (QED) is 0.584. The summed E-state index contributed by atoms with van der Waals surface area (Å²) < 4.78 is 0. The summed E-state index contributed by atoms with van der Waals surface area (Å²) in [5, 5.41) is 1.60. The van der Waals surface area contributed by atoms with Crippen molar-refractivity contribution in [2.45, 2.75) is 66.2 Å². The SMILES string of the molecule is CCC1=C(N(CC)CC)P1(Cl)(C(C)C)C(C)C. The second-order valence-corrected chi connectivity index (χ2v) is 13.1. The third-order valence-electron chi connectivity index (χ3n) is 4.60. The summed E-state index contributed by atoms with van der Waals surface area (Å²) in [5.41, 5.74) is 2.71. The Kier molecular flexibility index (Phi) is 4.27. The van der Waals surface area contributed by atoms with Crippen LogP contribution < -0.4 is 0 Å². The molecule has 0 aromatic carbocycles. The average Bonchev–Trinajstić information content (AvgIpc) is 2.85. The van der Waals surface area contributed by atoms with Gasteiger partial charge in [0.05, 0.1) is 0 Å². The molecule has 0 aromatic rings. The summed E-state index contributed by atoms with van der Waals surface area (Å²) in [6, 6.07) is 0. The summed E-state index contributed by atoms with van der Waals surface area (Å²) in [7, 11) is 0. The molecule has 0 fully saturated rings. The average molecular weight is 278 g/mol. The molecule has 17 heavy (non-hydrogen) atoms. The summed E-state index contributed by atoms with van der Waals surface area (Å²) in [6.45, 7) is 18.2. The first-order valence-electron chi connectivity index (χ1n) is 7.02. The molecule has 102 valence electrons. The van der Waals surface area contributed by atoms with Gasteiger partial charge in [0.2, 0.25) is 0 Å². The van der Waals surface area contributed by atoms with Crippen LogP contribution in [0.25, 0.3) is 0 Å². The van der Waals surface area contributed by atoms with Gasteiger partial charge in [0.15, 0.2) is 0 Å². The molecular formula is C14H29ClNP. The van der Waals surface area contributed by atoms with Crippen molar-refractivity contribution in [3.05, 3.63) is 10.8 Å². The number of rotatable bonds is 6. The van der Waals surface area contributed by atoms with Crippen LogP contribution in [0.1, 0.15) is 54.9 Å². The Morgan fingerprint density at radius 2 is 1.41 bits per heavy atom. The second kappa shape index (κ2) is 4.74. The van der Waals surface area contributed by atoms with E-state index in [1.807, 2.05) is 0 Å². The van der Waals surface area contributed by atoms with Crippen LogP contribution in [0.15, 0.2) is 10.8 Å². The first-order valence-corrected chi connectivity index (χ1v) is 10.3. The number of allylic oxidation sites excluding steroid dienone is 1. The molecule has 1 rings (SSSR count). The number of hydrogen-bond donors (Lipinski definition) is 0. The van der Waals surface area contributed by atoms with E-state index in [4.69, 9.17) is 11.2 Å². The van der Waals surface area contributed by atoms with Crippen molar-refractivity contribution in [3.8, 4) is 0 Å². The zero-order valence-corrected chi connectivity index (χ0v) is 14.2. The minimum atomic E-state index is -2.23. The zero-order chi connectivity index (χ0) is 13.5. The van der Waals surface area contributed by atoms with E-state index in [2.05, 4.69) is 53.4 Å². The molecular weight excluding hydrogens is 249 g/mol. The molecule has 0 spiro atoms. The van der Waals surface area contributed by atoms with Gasteiger partial charge in [-0.25, -0.2) is 0 Å². The molecule has 0 radical (unpaired) electrons. The van der Waals surface area contributed by atoms with Crippen LogP contribution in [0.5, 0.6) is 0 Å². The fourth-order valence-electron chi connectivity index (χ4n) is 3.56. The number of halogens is 1. The Morgan fingerprint density at radius 1 is 1.00 bits per heavy atom. The normalized spacial score (nSPS) is 23.8. The van der Waals surface area contributed by atoms with Crippen LogP contribution in [0.4, 0.5) is 0 Å². The zero-order valence-electron chi connectivity index (χ0n) is 12.5. The van der Waals surface area contributed by atoms with Gasteiger partial charge in [0.1, 0.15) is 0 Å². The van der Waals surface area contributed by atoms with Gasteiger partial charge in [0.25, 0.3) is 0 Å². The van der Waals surface area contributed by atoms with Gasteiger partial charge in [-0.1, -0.05) is 0 Å². The first kappa shape index (κ1) is 15.3. The molecule has 0 N–H and O–H groups in total. The molecule has 0 atom stereocenters. The molecule has 0 aliphatic carbocycles. The van der Waals surface area contributed by atoms with Gasteiger partial charge in [-0.15, -0.1) is 0 Å². The van der Waals surface area contributed by atoms with Crippen LogP contribution in [0.2, 0.25) is 0 Å². The van der Waals surface area contributed by atoms with Crippen LogP contribution in [0, 0.1) is 0 Å². The molecule has 1 nitrogen and oxygen atoms in total. The molecule has 1 heterocycles. The third kappa shape index (κ3) is 1.69. The van der Waals surface area contributed by atoms with E-state index in [0.717, 1.165) is 19.5 Å². The molecule has 0 saturated heterocycles. The maximum atomic E-state index is 7.37. The Balaban J connectivity index is 3.24. The molecule has 3 heteroatoms. The van der Waals surface area contributed by atoms with Crippen LogP contribution in [-0.2, 0) is 0 Å². The van der Waals surface area contributed by atoms with Crippen LogP contribution in [0.3, 0.4) is 0 Å². The van der Waals surface area contributed by atoms with E-state index in [9.17, 15) is 0 Å². The topological polar surface area (TPSA) is 3.24 Å². The third-order valence-corrected chi connectivity index (χ3v) is 14.9. The van der Waals surface area contributed by atoms with Gasteiger partial charge in [0, 0.05) is 0 Å². The van der Waals surface area contributed by atoms with Crippen molar-refractivity contribution in [3.63, 3.8) is 0 Å². The van der Waals surface area contributed by atoms with Crippen LogP contribution >= 0.6 is 17.2 Å². The number of nitrogens with zero attached hydrogens (tertiary/aromatic N) is 1. The number of hydrogen-bond acceptors (Lipinski definition) is 1. The van der Waals surface area contributed by atoms with E-state index in [-0.39, 0.29) is 0 Å². The summed E-state index contributed by atoms with van der Waals surface area (Å²) >= 11 is 7.37. The molecule has 1 aliphatic rings. The predicted octanol–water partition coefficient (Wildman–Crippen LogP) is 5.44. The summed E-state index contributed by atoms with van der Waals surface area (Å²) in [6.07, 6.45) is 1.13. The van der Waals surface area contributed by atoms with Crippen LogP contribution in [-0.4, -0.2) is 29.3 Å². The fourth-order valence-corrected chi connectivity index (χ4v) is 11.3. The van der Waals surface area contributed by atoms with E-state index in [1.54, 1.807) is 10.8 Å². The Morgan fingerprint density at radius 3 is 1.59 bits per heavy atom. The van der Waals surface area contributed by atoms with E-state index < -0.39 is 5.96 Å². The van der Waals surface area contributed by atoms with Gasteiger partial charge >= 0.3 is 112 Å². The Bertz CT molecular complexity index is 321. The Hall–Kier alpha value is 0.260. The van der Waals surface area contributed by atoms with Crippen molar-refractivity contribution in [1.82, 2.24) is 4.90 Å². The molecule has 1 aliphatic heterocycles. The van der Waals surface area contributed by atoms with E-state index in [1.165, 1.54) is 0 Å². The maximum absolute atomic E-state index is 7.37. The molecule has 0 bridgehead atoms. The van der Waals surface area contributed by atoms with Crippen molar-refractivity contribution >= 4 is 17.2 Å².